The van der Waals surface area contributed by atoms with E-state index in [0.29, 0.717) is 13.0 Å². The first-order chi connectivity index (χ1) is 8.69. The summed E-state index contributed by atoms with van der Waals surface area (Å²) in [7, 11) is 1.63. The second kappa shape index (κ2) is 7.71. The molecule has 1 unspecified atom stereocenters. The Bertz CT molecular complexity index is 379. The number of hydrogen-bond donors (Lipinski definition) is 1. The van der Waals surface area contributed by atoms with E-state index in [1.54, 1.807) is 14.0 Å². The van der Waals surface area contributed by atoms with Crippen LogP contribution in [0.25, 0.3) is 0 Å². The second-order valence-electron chi connectivity index (χ2n) is 4.05. The van der Waals surface area contributed by atoms with Crippen molar-refractivity contribution >= 4 is 5.97 Å². The zero-order chi connectivity index (χ0) is 13.4. The minimum atomic E-state index is -0.162. The van der Waals surface area contributed by atoms with Gasteiger partial charge in [0.15, 0.2) is 0 Å². The van der Waals surface area contributed by atoms with Crippen molar-refractivity contribution < 1.29 is 14.3 Å². The van der Waals surface area contributed by atoms with Gasteiger partial charge in [-0.1, -0.05) is 18.2 Å². The number of carbonyl (C=O) groups is 1. The molecule has 0 heterocycles. The van der Waals surface area contributed by atoms with Crippen molar-refractivity contribution in [1.82, 2.24) is 0 Å². The van der Waals surface area contributed by atoms with Crippen LogP contribution in [-0.4, -0.2) is 19.7 Å². The molecule has 2 N–H and O–H groups in total. The van der Waals surface area contributed by atoms with Crippen LogP contribution in [0, 0.1) is 0 Å². The SMILES string of the molecule is CCOC(=O)CCCC(N)c1ccccc1OC. The Morgan fingerprint density at radius 1 is 1.39 bits per heavy atom. The van der Waals surface area contributed by atoms with Crippen molar-refractivity contribution in [3.05, 3.63) is 29.8 Å². The number of rotatable bonds is 7. The number of nitrogens with two attached hydrogens (primary N) is 1. The van der Waals surface area contributed by atoms with Crippen LogP contribution in [0.15, 0.2) is 24.3 Å². The largest absolute Gasteiger partial charge is 0.496 e. The van der Waals surface area contributed by atoms with Gasteiger partial charge in [0.25, 0.3) is 0 Å². The molecule has 4 nitrogen and oxygen atoms in total. The maximum atomic E-state index is 11.2. The molecule has 1 atom stereocenters. The maximum Gasteiger partial charge on any atom is 0.305 e. The Morgan fingerprint density at radius 3 is 2.78 bits per heavy atom. The predicted octanol–water partition coefficient (Wildman–Crippen LogP) is 2.43. The molecule has 0 saturated carbocycles. The van der Waals surface area contributed by atoms with E-state index in [-0.39, 0.29) is 12.0 Å². The third-order valence-corrected chi connectivity index (χ3v) is 2.74. The number of hydrogen-bond acceptors (Lipinski definition) is 4. The minimum Gasteiger partial charge on any atom is -0.496 e. The van der Waals surface area contributed by atoms with Crippen molar-refractivity contribution in [3.63, 3.8) is 0 Å². The summed E-state index contributed by atoms with van der Waals surface area (Å²) in [5.74, 6) is 0.630. The summed E-state index contributed by atoms with van der Waals surface area (Å²) in [4.78, 5) is 11.2. The zero-order valence-corrected chi connectivity index (χ0v) is 11.0. The molecule has 4 heteroatoms. The van der Waals surface area contributed by atoms with Crippen molar-refractivity contribution in [3.8, 4) is 5.75 Å². The van der Waals surface area contributed by atoms with Gasteiger partial charge in [0.1, 0.15) is 5.75 Å². The van der Waals surface area contributed by atoms with Gasteiger partial charge >= 0.3 is 5.97 Å². The molecule has 0 amide bonds. The maximum absolute atomic E-state index is 11.2. The Kier molecular flexibility index (Phi) is 6.22. The summed E-state index contributed by atoms with van der Waals surface area (Å²) >= 11 is 0. The average Bonchev–Trinajstić information content (AvgIpc) is 2.38. The van der Waals surface area contributed by atoms with Gasteiger partial charge in [-0.25, -0.2) is 0 Å². The van der Waals surface area contributed by atoms with Gasteiger partial charge in [0, 0.05) is 18.0 Å². The summed E-state index contributed by atoms with van der Waals surface area (Å²) in [6.45, 7) is 2.23. The van der Waals surface area contributed by atoms with Crippen LogP contribution < -0.4 is 10.5 Å². The highest BCUT2D eigenvalue weighted by Crippen LogP contribution is 2.26. The van der Waals surface area contributed by atoms with Crippen molar-refractivity contribution in [2.45, 2.75) is 32.2 Å². The summed E-state index contributed by atoms with van der Waals surface area (Å²) in [6.07, 6.45) is 1.87. The fourth-order valence-electron chi connectivity index (χ4n) is 1.83. The topological polar surface area (TPSA) is 61.5 Å². The lowest BCUT2D eigenvalue weighted by atomic mass is 10.0. The van der Waals surface area contributed by atoms with Crippen molar-refractivity contribution in [1.29, 1.82) is 0 Å². The van der Waals surface area contributed by atoms with E-state index in [2.05, 4.69) is 0 Å². The second-order valence-corrected chi connectivity index (χ2v) is 4.05. The van der Waals surface area contributed by atoms with E-state index in [1.165, 1.54) is 0 Å². The van der Waals surface area contributed by atoms with Crippen LogP contribution in [0.4, 0.5) is 0 Å². The van der Waals surface area contributed by atoms with Gasteiger partial charge in [-0.3, -0.25) is 4.79 Å². The minimum absolute atomic E-state index is 0.115. The predicted molar refractivity (Wildman–Crippen MR) is 70.4 cm³/mol. The number of benzene rings is 1. The lowest BCUT2D eigenvalue weighted by Crippen LogP contribution is -2.12. The highest BCUT2D eigenvalue weighted by molar-refractivity contribution is 5.69. The molecule has 18 heavy (non-hydrogen) atoms. The van der Waals surface area contributed by atoms with Crippen LogP contribution >= 0.6 is 0 Å². The standard InChI is InChI=1S/C14H21NO3/c1-3-18-14(16)10-6-8-12(15)11-7-4-5-9-13(11)17-2/h4-5,7,9,12H,3,6,8,10,15H2,1-2H3. The highest BCUT2D eigenvalue weighted by Gasteiger charge is 2.12. The molecule has 0 bridgehead atoms. The Hall–Kier alpha value is -1.55. The van der Waals surface area contributed by atoms with Gasteiger partial charge in [0.2, 0.25) is 0 Å². The lowest BCUT2D eigenvalue weighted by Gasteiger charge is -2.15. The molecule has 1 rings (SSSR count). The quantitative estimate of drug-likeness (QED) is 0.756. The normalized spacial score (nSPS) is 11.9. The van der Waals surface area contributed by atoms with Crippen LogP contribution in [-0.2, 0) is 9.53 Å². The smallest absolute Gasteiger partial charge is 0.305 e. The Balaban J connectivity index is 2.45. The van der Waals surface area contributed by atoms with E-state index in [9.17, 15) is 4.79 Å². The monoisotopic (exact) mass is 251 g/mol. The molecule has 0 radical (unpaired) electrons. The highest BCUT2D eigenvalue weighted by atomic mass is 16.5. The van der Waals surface area contributed by atoms with E-state index in [4.69, 9.17) is 15.2 Å². The number of para-hydroxylation sites is 1. The van der Waals surface area contributed by atoms with Crippen LogP contribution in [0.1, 0.15) is 37.8 Å². The molecule has 1 aromatic carbocycles. The van der Waals surface area contributed by atoms with Gasteiger partial charge in [0.05, 0.1) is 13.7 Å². The summed E-state index contributed by atoms with van der Waals surface area (Å²) in [5, 5.41) is 0. The molecule has 0 fully saturated rings. The van der Waals surface area contributed by atoms with E-state index < -0.39 is 0 Å². The van der Waals surface area contributed by atoms with Gasteiger partial charge in [-0.15, -0.1) is 0 Å². The van der Waals surface area contributed by atoms with E-state index >= 15 is 0 Å². The first-order valence-electron chi connectivity index (χ1n) is 6.23. The molecule has 0 aliphatic heterocycles. The summed E-state index contributed by atoms with van der Waals surface area (Å²) < 4.78 is 10.1. The molecule has 0 aliphatic carbocycles. The summed E-state index contributed by atoms with van der Waals surface area (Å²) in [6, 6.07) is 7.57. The fourth-order valence-corrected chi connectivity index (χ4v) is 1.83. The van der Waals surface area contributed by atoms with Crippen LogP contribution in [0.3, 0.4) is 0 Å². The molecule has 0 aromatic heterocycles. The number of ether oxygens (including phenoxy) is 2. The average molecular weight is 251 g/mol. The molecule has 100 valence electrons. The third-order valence-electron chi connectivity index (χ3n) is 2.74. The lowest BCUT2D eigenvalue weighted by molar-refractivity contribution is -0.143. The summed E-state index contributed by atoms with van der Waals surface area (Å²) in [5.41, 5.74) is 7.08. The van der Waals surface area contributed by atoms with Gasteiger partial charge in [-0.05, 0) is 25.8 Å². The number of esters is 1. The van der Waals surface area contributed by atoms with Crippen LogP contribution in [0.5, 0.6) is 5.75 Å². The van der Waals surface area contributed by atoms with Crippen molar-refractivity contribution in [2.24, 2.45) is 5.73 Å². The van der Waals surface area contributed by atoms with Crippen LogP contribution in [0.2, 0.25) is 0 Å². The molecule has 0 aliphatic rings. The van der Waals surface area contributed by atoms with Crippen molar-refractivity contribution in [2.75, 3.05) is 13.7 Å². The zero-order valence-electron chi connectivity index (χ0n) is 11.0. The molecule has 0 saturated heterocycles. The fraction of sp³-hybridized carbons (Fsp3) is 0.500. The molecular formula is C14H21NO3. The first-order valence-corrected chi connectivity index (χ1v) is 6.23. The molecule has 0 spiro atoms. The Morgan fingerprint density at radius 2 is 2.11 bits per heavy atom. The van der Waals surface area contributed by atoms with Gasteiger partial charge in [-0.2, -0.15) is 0 Å². The van der Waals surface area contributed by atoms with E-state index in [1.807, 2.05) is 24.3 Å². The van der Waals surface area contributed by atoms with Gasteiger partial charge < -0.3 is 15.2 Å². The Labute approximate surface area is 108 Å². The number of methoxy groups -OCH3 is 1. The third kappa shape index (κ3) is 4.37. The molecule has 1 aromatic rings. The number of carbonyl (C=O) groups excluding carboxylic acids is 1. The molecular weight excluding hydrogens is 230 g/mol. The first kappa shape index (κ1) is 14.5. The van der Waals surface area contributed by atoms with E-state index in [0.717, 1.165) is 24.2 Å².